The van der Waals surface area contributed by atoms with Crippen LogP contribution < -0.4 is 0 Å². The van der Waals surface area contributed by atoms with Crippen molar-refractivity contribution in [3.63, 3.8) is 0 Å². The van der Waals surface area contributed by atoms with E-state index in [0.29, 0.717) is 6.61 Å². The highest BCUT2D eigenvalue weighted by Gasteiger charge is 2.34. The normalized spacial score (nSPS) is 13.4. The zero-order valence-corrected chi connectivity index (χ0v) is 21.2. The van der Waals surface area contributed by atoms with Crippen molar-refractivity contribution >= 4 is 39.3 Å². The molecule has 32 heavy (non-hydrogen) atoms. The van der Waals surface area contributed by atoms with Crippen LogP contribution in [0.2, 0.25) is 0 Å². The Balaban J connectivity index is 2.05. The van der Waals surface area contributed by atoms with Gasteiger partial charge >= 0.3 is 5.97 Å². The summed E-state index contributed by atoms with van der Waals surface area (Å²) in [5, 5.41) is 11.9. The third-order valence-electron chi connectivity index (χ3n) is 4.75. The van der Waals surface area contributed by atoms with Crippen molar-refractivity contribution in [1.29, 1.82) is 0 Å². The predicted molar refractivity (Wildman–Crippen MR) is 130 cm³/mol. The number of hydrogen-bond donors (Lipinski definition) is 1. The van der Waals surface area contributed by atoms with Crippen molar-refractivity contribution in [3.05, 3.63) is 41.9 Å². The summed E-state index contributed by atoms with van der Waals surface area (Å²) in [5.74, 6) is -0.441. The maximum absolute atomic E-state index is 12.0. The van der Waals surface area contributed by atoms with E-state index in [2.05, 4.69) is 21.5 Å². The van der Waals surface area contributed by atoms with E-state index in [9.17, 15) is 9.90 Å². The van der Waals surface area contributed by atoms with Crippen molar-refractivity contribution in [2.75, 3.05) is 6.61 Å². The average Bonchev–Trinajstić information content (AvgIpc) is 3.07. The smallest absolute Gasteiger partial charge is 0.356 e. The third kappa shape index (κ3) is 5.49. The van der Waals surface area contributed by atoms with E-state index in [4.69, 9.17) is 9.47 Å². The van der Waals surface area contributed by atoms with Gasteiger partial charge in [0.2, 0.25) is 0 Å². The van der Waals surface area contributed by atoms with Gasteiger partial charge in [-0.25, -0.2) is 9.78 Å². The number of rotatable bonds is 7. The van der Waals surface area contributed by atoms with Crippen LogP contribution in [0.15, 0.2) is 35.4 Å². The molecular weight excluding hydrogens is 444 g/mol. The van der Waals surface area contributed by atoms with Crippen molar-refractivity contribution in [1.82, 2.24) is 9.36 Å². The van der Waals surface area contributed by atoms with Crippen LogP contribution in [-0.4, -0.2) is 43.7 Å². The highest BCUT2D eigenvalue weighted by atomic mass is 32.2. The first-order valence-corrected chi connectivity index (χ1v) is 12.1. The molecule has 0 spiro atoms. The number of hydrogen-bond acceptors (Lipinski definition) is 8. The molecule has 172 valence electrons. The molecule has 3 rings (SSSR count). The summed E-state index contributed by atoms with van der Waals surface area (Å²) in [5.41, 5.74) is 2.63. The fourth-order valence-corrected chi connectivity index (χ4v) is 5.34. The number of esters is 1. The number of aromatic nitrogens is 2. The van der Waals surface area contributed by atoms with E-state index in [1.165, 1.54) is 11.5 Å². The first-order chi connectivity index (χ1) is 14.9. The van der Waals surface area contributed by atoms with Crippen molar-refractivity contribution in [2.24, 2.45) is 0 Å². The standard InChI is InChI=1S/C24H30N2O4S2/c1-8-29-21(27)17-11-9-15(13-25-17)19-18(12-10-16-14(2)26-32-20(16)19)31-24(6,7)22(28)30-23(3,4)5/h9-13,22,28H,8H2,1-7H3. The number of nitrogens with zero attached hydrogens (tertiary/aromatic N) is 2. The fraction of sp³-hybridized carbons (Fsp3) is 0.458. The predicted octanol–water partition coefficient (Wildman–Crippen LogP) is 5.85. The van der Waals surface area contributed by atoms with E-state index < -0.39 is 22.6 Å². The van der Waals surface area contributed by atoms with E-state index in [0.717, 1.165) is 31.8 Å². The summed E-state index contributed by atoms with van der Waals surface area (Å²) < 4.78 is 15.8. The molecule has 0 saturated heterocycles. The SMILES string of the molecule is CCOC(=O)c1ccc(-c2c(SC(C)(C)C(O)OC(C)(C)C)ccc3c(C)nsc23)cn1. The monoisotopic (exact) mass is 474 g/mol. The van der Waals surface area contributed by atoms with E-state index in [1.54, 1.807) is 30.9 Å². The van der Waals surface area contributed by atoms with Crippen LogP contribution in [0.1, 0.15) is 57.7 Å². The number of aliphatic hydroxyl groups is 1. The molecule has 2 heterocycles. The van der Waals surface area contributed by atoms with Crippen LogP contribution >= 0.6 is 23.3 Å². The Morgan fingerprint density at radius 1 is 1.19 bits per heavy atom. The number of carbonyl (C=O) groups excluding carboxylic acids is 1. The molecule has 8 heteroatoms. The molecule has 6 nitrogen and oxygen atoms in total. The largest absolute Gasteiger partial charge is 0.461 e. The van der Waals surface area contributed by atoms with Crippen LogP contribution in [0.5, 0.6) is 0 Å². The molecule has 1 N–H and O–H groups in total. The zero-order chi connectivity index (χ0) is 23.7. The Labute approximate surface area is 197 Å². The summed E-state index contributed by atoms with van der Waals surface area (Å²) in [7, 11) is 0. The van der Waals surface area contributed by atoms with Crippen molar-refractivity contribution < 1.29 is 19.4 Å². The van der Waals surface area contributed by atoms with Gasteiger partial charge in [0.05, 0.1) is 27.3 Å². The van der Waals surface area contributed by atoms with Gasteiger partial charge in [-0.05, 0) is 72.1 Å². The number of ether oxygens (including phenoxy) is 2. The molecule has 1 unspecified atom stereocenters. The van der Waals surface area contributed by atoms with Crippen LogP contribution in [0, 0.1) is 6.92 Å². The summed E-state index contributed by atoms with van der Waals surface area (Å²) in [4.78, 5) is 17.3. The van der Waals surface area contributed by atoms with Crippen LogP contribution in [0.4, 0.5) is 0 Å². The van der Waals surface area contributed by atoms with Crippen LogP contribution in [0.25, 0.3) is 21.2 Å². The van der Waals surface area contributed by atoms with Crippen LogP contribution in [0.3, 0.4) is 0 Å². The zero-order valence-electron chi connectivity index (χ0n) is 19.6. The lowest BCUT2D eigenvalue weighted by atomic mass is 10.0. The Bertz CT molecular complexity index is 1100. The highest BCUT2D eigenvalue weighted by Crippen LogP contribution is 2.45. The minimum Gasteiger partial charge on any atom is -0.461 e. The minimum absolute atomic E-state index is 0.270. The number of carbonyl (C=O) groups is 1. The van der Waals surface area contributed by atoms with E-state index in [-0.39, 0.29) is 5.69 Å². The molecule has 1 atom stereocenters. The Morgan fingerprint density at radius 2 is 1.91 bits per heavy atom. The van der Waals surface area contributed by atoms with Crippen LogP contribution in [-0.2, 0) is 9.47 Å². The maximum Gasteiger partial charge on any atom is 0.356 e. The van der Waals surface area contributed by atoms with Gasteiger partial charge in [0.15, 0.2) is 6.29 Å². The maximum atomic E-state index is 12.0. The number of benzene rings is 1. The van der Waals surface area contributed by atoms with Gasteiger partial charge in [-0.3, -0.25) is 0 Å². The lowest BCUT2D eigenvalue weighted by Gasteiger charge is -2.35. The summed E-state index contributed by atoms with van der Waals surface area (Å²) in [6.45, 7) is 13.7. The first kappa shape index (κ1) is 24.6. The van der Waals surface area contributed by atoms with Gasteiger partial charge in [-0.2, -0.15) is 4.37 Å². The molecular formula is C24H30N2O4S2. The molecule has 0 aliphatic rings. The molecule has 1 aromatic carbocycles. The third-order valence-corrected chi connectivity index (χ3v) is 7.01. The molecule has 0 aliphatic carbocycles. The second kappa shape index (κ2) is 9.47. The van der Waals surface area contributed by atoms with Gasteiger partial charge in [-0.15, -0.1) is 11.8 Å². The molecule has 0 saturated carbocycles. The molecule has 0 aliphatic heterocycles. The number of fused-ring (bicyclic) bond motifs is 1. The number of pyridine rings is 1. The summed E-state index contributed by atoms with van der Waals surface area (Å²) in [6, 6.07) is 7.67. The molecule has 0 bridgehead atoms. The highest BCUT2D eigenvalue weighted by molar-refractivity contribution is 8.00. The molecule has 2 aromatic heterocycles. The van der Waals surface area contributed by atoms with Gasteiger partial charge in [-0.1, -0.05) is 12.1 Å². The number of thioether (sulfide) groups is 1. The average molecular weight is 475 g/mol. The van der Waals surface area contributed by atoms with Gasteiger partial charge < -0.3 is 14.6 Å². The van der Waals surface area contributed by atoms with Gasteiger partial charge in [0.25, 0.3) is 0 Å². The molecule has 0 fully saturated rings. The Kier molecular flexibility index (Phi) is 7.29. The summed E-state index contributed by atoms with van der Waals surface area (Å²) >= 11 is 2.98. The minimum atomic E-state index is -0.969. The van der Waals surface area contributed by atoms with Crippen molar-refractivity contribution in [2.45, 2.75) is 70.0 Å². The first-order valence-electron chi connectivity index (χ1n) is 10.5. The number of aryl methyl sites for hydroxylation is 1. The topological polar surface area (TPSA) is 81.5 Å². The quantitative estimate of drug-likeness (QED) is 0.261. The van der Waals surface area contributed by atoms with E-state index >= 15 is 0 Å². The molecule has 0 amide bonds. The second-order valence-corrected chi connectivity index (χ2v) is 11.5. The Hall–Kier alpha value is -2.00. The Morgan fingerprint density at radius 3 is 2.50 bits per heavy atom. The van der Waals surface area contributed by atoms with E-state index in [1.807, 2.05) is 47.6 Å². The summed E-state index contributed by atoms with van der Waals surface area (Å²) in [6.07, 6.45) is 0.721. The fourth-order valence-electron chi connectivity index (χ4n) is 3.14. The molecule has 3 aromatic rings. The molecule has 0 radical (unpaired) electrons. The van der Waals surface area contributed by atoms with Gasteiger partial charge in [0, 0.05) is 27.6 Å². The second-order valence-electron chi connectivity index (χ2n) is 9.02. The van der Waals surface area contributed by atoms with Crippen molar-refractivity contribution in [3.8, 4) is 11.1 Å². The number of aliphatic hydroxyl groups excluding tert-OH is 1. The lowest BCUT2D eigenvalue weighted by molar-refractivity contribution is -0.177. The lowest BCUT2D eigenvalue weighted by Crippen LogP contribution is -2.40. The van der Waals surface area contributed by atoms with Gasteiger partial charge in [0.1, 0.15) is 5.69 Å².